The van der Waals surface area contributed by atoms with Crippen molar-refractivity contribution < 1.29 is 9.21 Å². The average molecular weight is 406 g/mol. The molecule has 0 spiro atoms. The van der Waals surface area contributed by atoms with E-state index in [4.69, 9.17) is 9.40 Å². The van der Waals surface area contributed by atoms with Gasteiger partial charge in [0.05, 0.1) is 11.4 Å². The van der Waals surface area contributed by atoms with Gasteiger partial charge in [0.25, 0.3) is 5.91 Å². The molecule has 1 atom stereocenters. The molecule has 3 heterocycles. The molecule has 1 saturated heterocycles. The number of hydrogen-bond acceptors (Lipinski definition) is 6. The summed E-state index contributed by atoms with van der Waals surface area (Å²) >= 11 is 0. The van der Waals surface area contributed by atoms with Crippen molar-refractivity contribution in [3.05, 3.63) is 59.6 Å². The van der Waals surface area contributed by atoms with Gasteiger partial charge in [0.2, 0.25) is 11.7 Å². The van der Waals surface area contributed by atoms with Crippen LogP contribution in [-0.4, -0.2) is 52.9 Å². The van der Waals surface area contributed by atoms with E-state index in [2.05, 4.69) is 22.1 Å². The van der Waals surface area contributed by atoms with Crippen LogP contribution in [0.15, 0.2) is 40.9 Å². The van der Waals surface area contributed by atoms with E-state index in [1.807, 2.05) is 55.2 Å². The summed E-state index contributed by atoms with van der Waals surface area (Å²) in [5.41, 5.74) is 3.74. The van der Waals surface area contributed by atoms with E-state index in [1.54, 1.807) is 6.92 Å². The number of nitrogens with zero attached hydrogens (tertiary/aromatic N) is 5. The summed E-state index contributed by atoms with van der Waals surface area (Å²) in [5, 5.41) is 0. The molecule has 7 heteroatoms. The molecular weight excluding hydrogens is 378 g/mol. The molecule has 30 heavy (non-hydrogen) atoms. The van der Waals surface area contributed by atoms with Gasteiger partial charge >= 0.3 is 0 Å². The molecule has 0 unspecified atom stereocenters. The predicted molar refractivity (Wildman–Crippen MR) is 116 cm³/mol. The minimum Gasteiger partial charge on any atom is -0.436 e. The molecule has 1 amide bonds. The number of piperidine rings is 1. The zero-order chi connectivity index (χ0) is 21.3. The average Bonchev–Trinajstić information content (AvgIpc) is 3.11. The third kappa shape index (κ3) is 3.92. The summed E-state index contributed by atoms with van der Waals surface area (Å²) in [5.74, 6) is 1.56. The van der Waals surface area contributed by atoms with E-state index in [0.717, 1.165) is 29.7 Å². The lowest BCUT2D eigenvalue weighted by Crippen LogP contribution is -2.39. The molecule has 1 aromatic carbocycles. The number of carbonyl (C=O) groups excluding carboxylic acids is 1. The van der Waals surface area contributed by atoms with E-state index < -0.39 is 0 Å². The minimum absolute atomic E-state index is 0.0963. The monoisotopic (exact) mass is 405 g/mol. The molecule has 1 aliphatic heterocycles. The second-order valence-electron chi connectivity index (χ2n) is 7.97. The van der Waals surface area contributed by atoms with Gasteiger partial charge in [-0.2, -0.15) is 0 Å². The Morgan fingerprint density at radius 2 is 1.93 bits per heavy atom. The van der Waals surface area contributed by atoms with Crippen LogP contribution in [0.1, 0.15) is 46.6 Å². The summed E-state index contributed by atoms with van der Waals surface area (Å²) in [6, 6.07) is 10.2. The molecule has 7 nitrogen and oxygen atoms in total. The summed E-state index contributed by atoms with van der Waals surface area (Å²) < 4.78 is 5.58. The smallest absolute Gasteiger partial charge is 0.291 e. The molecular formula is C23H27N5O2. The van der Waals surface area contributed by atoms with Crippen LogP contribution in [0, 0.1) is 13.8 Å². The fourth-order valence-electron chi connectivity index (χ4n) is 4.01. The number of oxazole rings is 1. The normalized spacial score (nSPS) is 16.5. The van der Waals surface area contributed by atoms with Gasteiger partial charge in [-0.3, -0.25) is 4.79 Å². The van der Waals surface area contributed by atoms with E-state index in [-0.39, 0.29) is 11.8 Å². The van der Waals surface area contributed by atoms with Crippen molar-refractivity contribution in [1.82, 2.24) is 19.9 Å². The molecule has 0 radical (unpaired) electrons. The topological polar surface area (TPSA) is 75.4 Å². The van der Waals surface area contributed by atoms with Gasteiger partial charge < -0.3 is 14.2 Å². The Morgan fingerprint density at radius 1 is 1.17 bits per heavy atom. The van der Waals surface area contributed by atoms with Crippen LogP contribution in [-0.2, 0) is 0 Å². The summed E-state index contributed by atoms with van der Waals surface area (Å²) in [4.78, 5) is 30.6. The lowest BCUT2D eigenvalue weighted by Gasteiger charge is -2.33. The number of aryl methyl sites for hydroxylation is 2. The molecule has 3 aromatic rings. The number of hydrogen-bond donors (Lipinski definition) is 0. The van der Waals surface area contributed by atoms with Crippen molar-refractivity contribution in [2.75, 3.05) is 32.1 Å². The predicted octanol–water partition coefficient (Wildman–Crippen LogP) is 3.83. The summed E-state index contributed by atoms with van der Waals surface area (Å²) in [7, 11) is 3.88. The fraction of sp³-hybridized carbons (Fsp3) is 0.391. The first-order valence-corrected chi connectivity index (χ1v) is 10.3. The molecule has 1 aliphatic rings. The Balaban J connectivity index is 1.68. The van der Waals surface area contributed by atoms with E-state index in [9.17, 15) is 4.79 Å². The highest BCUT2D eigenvalue weighted by Gasteiger charge is 2.31. The number of aromatic nitrogens is 3. The molecule has 156 valence electrons. The number of carbonyl (C=O) groups is 1. The second kappa shape index (κ2) is 8.26. The third-order valence-corrected chi connectivity index (χ3v) is 5.48. The number of anilines is 1. The van der Waals surface area contributed by atoms with Crippen LogP contribution in [0.4, 0.5) is 5.95 Å². The maximum absolute atomic E-state index is 13.1. The van der Waals surface area contributed by atoms with Gasteiger partial charge in [-0.1, -0.05) is 30.3 Å². The highest BCUT2D eigenvalue weighted by molar-refractivity contribution is 5.92. The first kappa shape index (κ1) is 20.1. The van der Waals surface area contributed by atoms with Gasteiger partial charge in [-0.05, 0) is 25.3 Å². The Kier molecular flexibility index (Phi) is 5.53. The van der Waals surface area contributed by atoms with Crippen molar-refractivity contribution >= 4 is 11.9 Å². The van der Waals surface area contributed by atoms with E-state index >= 15 is 0 Å². The van der Waals surface area contributed by atoms with Gasteiger partial charge in [-0.15, -0.1) is 0 Å². The SMILES string of the molecule is Cc1nc(C)c(C(=O)N2CCC[C@H](c3nc(N(C)C)ncc3-c3ccccc3)C2)o1. The van der Waals surface area contributed by atoms with Gasteiger partial charge in [0.1, 0.15) is 0 Å². The number of likely N-dealkylation sites (tertiary alicyclic amines) is 1. The van der Waals surface area contributed by atoms with Crippen molar-refractivity contribution in [2.45, 2.75) is 32.6 Å². The van der Waals surface area contributed by atoms with Gasteiger partial charge in [0, 0.05) is 51.8 Å². The lowest BCUT2D eigenvalue weighted by atomic mass is 9.89. The van der Waals surface area contributed by atoms with Crippen molar-refractivity contribution in [2.24, 2.45) is 0 Å². The quantitative estimate of drug-likeness (QED) is 0.657. The molecule has 4 rings (SSSR count). The van der Waals surface area contributed by atoms with Crippen LogP contribution in [0.25, 0.3) is 11.1 Å². The Hall–Kier alpha value is -3.22. The Bertz CT molecular complexity index is 1050. The summed E-state index contributed by atoms with van der Waals surface area (Å²) in [6.07, 6.45) is 3.79. The standard InChI is InChI=1S/C23H27N5O2/c1-15-21(30-16(2)25-15)22(29)28-12-8-11-18(14-28)20-19(17-9-6-5-7-10-17)13-24-23(26-20)27(3)4/h5-7,9-10,13,18H,8,11-12,14H2,1-4H3/t18-/m0/s1. The van der Waals surface area contributed by atoms with Crippen molar-refractivity contribution in [3.8, 4) is 11.1 Å². The minimum atomic E-state index is -0.0963. The zero-order valence-corrected chi connectivity index (χ0v) is 17.9. The highest BCUT2D eigenvalue weighted by Crippen LogP contribution is 2.34. The maximum atomic E-state index is 13.1. The van der Waals surface area contributed by atoms with Crippen molar-refractivity contribution in [1.29, 1.82) is 0 Å². The van der Waals surface area contributed by atoms with Crippen molar-refractivity contribution in [3.63, 3.8) is 0 Å². The highest BCUT2D eigenvalue weighted by atomic mass is 16.4. The Morgan fingerprint density at radius 3 is 2.60 bits per heavy atom. The number of benzene rings is 1. The van der Waals surface area contributed by atoms with Crippen LogP contribution in [0.5, 0.6) is 0 Å². The van der Waals surface area contributed by atoms with Gasteiger partial charge in [0.15, 0.2) is 5.89 Å². The lowest BCUT2D eigenvalue weighted by molar-refractivity contribution is 0.0671. The van der Waals surface area contributed by atoms with Crippen LogP contribution in [0.2, 0.25) is 0 Å². The zero-order valence-electron chi connectivity index (χ0n) is 17.9. The van der Waals surface area contributed by atoms with Gasteiger partial charge in [-0.25, -0.2) is 15.0 Å². The molecule has 0 bridgehead atoms. The largest absolute Gasteiger partial charge is 0.436 e. The third-order valence-electron chi connectivity index (χ3n) is 5.48. The number of amides is 1. The first-order chi connectivity index (χ1) is 14.4. The molecule has 0 saturated carbocycles. The second-order valence-corrected chi connectivity index (χ2v) is 7.97. The van der Waals surface area contributed by atoms with Crippen LogP contribution in [0.3, 0.4) is 0 Å². The molecule has 0 aliphatic carbocycles. The van der Waals surface area contributed by atoms with Crippen LogP contribution >= 0.6 is 0 Å². The summed E-state index contributed by atoms with van der Waals surface area (Å²) in [6.45, 7) is 4.88. The first-order valence-electron chi connectivity index (χ1n) is 10.3. The number of rotatable bonds is 4. The molecule has 2 aromatic heterocycles. The molecule has 1 fully saturated rings. The Labute approximate surface area is 176 Å². The molecule has 0 N–H and O–H groups in total. The fourth-order valence-corrected chi connectivity index (χ4v) is 4.01. The van der Waals surface area contributed by atoms with E-state index in [0.29, 0.717) is 36.4 Å². The maximum Gasteiger partial charge on any atom is 0.291 e. The van der Waals surface area contributed by atoms with E-state index in [1.165, 1.54) is 0 Å². The van der Waals surface area contributed by atoms with Crippen LogP contribution < -0.4 is 4.90 Å².